The molecule has 9 rings (SSSR count). The number of alkyl halides is 1. The molecule has 2 saturated heterocycles. The van der Waals surface area contributed by atoms with Crippen LogP contribution in [0.25, 0.3) is 26.9 Å². The second-order valence-corrected chi connectivity index (χ2v) is 28.9. The lowest BCUT2D eigenvalue weighted by Gasteiger charge is -2.43. The highest BCUT2D eigenvalue weighted by Crippen LogP contribution is 2.48. The average molecular weight is 1600 g/mol. The Morgan fingerprint density at radius 2 is 1.15 bits per heavy atom. The zero-order valence-electron chi connectivity index (χ0n) is 63.0. The van der Waals surface area contributed by atoms with Crippen molar-refractivity contribution in [2.75, 3.05) is 77.3 Å². The predicted molar refractivity (Wildman–Crippen MR) is 387 cm³/mol. The number of fused-ring (bicyclic) bond motifs is 4. The Balaban J connectivity index is 1.01. The van der Waals surface area contributed by atoms with Gasteiger partial charge in [0.25, 0.3) is 17.7 Å². The van der Waals surface area contributed by atoms with Gasteiger partial charge in [0.15, 0.2) is 53.9 Å². The number of amides is 3. The Bertz CT molecular complexity index is 4800. The molecule has 3 aliphatic rings. The quantitative estimate of drug-likeness (QED) is 0.0118. The Morgan fingerprint density at radius 3 is 1.70 bits per heavy atom. The van der Waals surface area contributed by atoms with Crippen molar-refractivity contribution in [3.63, 3.8) is 0 Å². The SMILES string of the molecule is COC(=O)[C@H]1O[C@@H](Oc2ccc(C(=O)Nc3ccc4nc(C(=O)N5C[C@@H](CCl)c6c5cc(OS(=O)(=O)Oc5cc(C(=O)N(C)CC(C)(C)COCC(C)(C)CN=[N+]=[N-])ccc5OC5O[C@H](C(=O)OC)[C@@H](OC(C)=O)C(OC(C)=O)[C@H]5OC(C)=O)c5ccc(OC)cc65)cn4c3)cc2)[C@H](OC(C)=O)[C@@H](OC(C)=O)[C@@H]1OC(C)=O. The first-order valence-electron chi connectivity index (χ1n) is 34.2. The number of ether oxygens (including phenoxy) is 14. The van der Waals surface area contributed by atoms with E-state index in [2.05, 4.69) is 20.3 Å². The first-order chi connectivity index (χ1) is 52.9. The second-order valence-electron chi connectivity index (χ2n) is 27.5. The van der Waals surface area contributed by atoms with Gasteiger partial charge in [0.2, 0.25) is 24.8 Å². The number of rotatable bonds is 30. The number of esters is 8. The number of nitrogens with one attached hydrogen (secondary N) is 1. The van der Waals surface area contributed by atoms with Gasteiger partial charge in [-0.25, -0.2) is 14.6 Å². The Hall–Kier alpha value is -11.6. The number of azide groups is 1. The summed E-state index contributed by atoms with van der Waals surface area (Å²) in [4.78, 5) is 155. The van der Waals surface area contributed by atoms with E-state index in [1.807, 2.05) is 27.7 Å². The first-order valence-corrected chi connectivity index (χ1v) is 36.1. The van der Waals surface area contributed by atoms with E-state index in [1.165, 1.54) is 101 Å². The zero-order valence-corrected chi connectivity index (χ0v) is 64.6. The number of hydrogen-bond acceptors (Lipinski definition) is 31. The van der Waals surface area contributed by atoms with E-state index in [1.54, 1.807) is 6.07 Å². The normalized spacial score (nSPS) is 20.7. The van der Waals surface area contributed by atoms with Crippen LogP contribution in [0.2, 0.25) is 0 Å². The molecule has 0 saturated carbocycles. The largest absolute Gasteiger partial charge is 0.501 e. The summed E-state index contributed by atoms with van der Waals surface area (Å²) < 4.78 is 121. The van der Waals surface area contributed by atoms with Gasteiger partial charge >= 0.3 is 58.2 Å². The summed E-state index contributed by atoms with van der Waals surface area (Å²) in [5, 5.41) is 6.87. The highest BCUT2D eigenvalue weighted by molar-refractivity contribution is 7.82. The number of imidazole rings is 1. The molecule has 0 aliphatic carbocycles. The summed E-state index contributed by atoms with van der Waals surface area (Å²) >= 11 is 6.70. The van der Waals surface area contributed by atoms with Gasteiger partial charge < -0.3 is 94.2 Å². The minimum absolute atomic E-state index is 0.00198. The number of halogens is 1. The van der Waals surface area contributed by atoms with Gasteiger partial charge in [0.1, 0.15) is 22.8 Å². The third kappa shape index (κ3) is 20.5. The van der Waals surface area contributed by atoms with Gasteiger partial charge in [0.05, 0.1) is 45.9 Å². The number of carbonyl (C=O) groups is 11. The minimum atomic E-state index is -5.53. The monoisotopic (exact) mass is 1600 g/mol. The summed E-state index contributed by atoms with van der Waals surface area (Å²) in [5.74, 6) is -12.2. The maximum atomic E-state index is 15.1. The molecule has 2 unspecified atom stereocenters. The summed E-state index contributed by atoms with van der Waals surface area (Å²) in [6.45, 7) is 13.8. The van der Waals surface area contributed by atoms with E-state index in [4.69, 9.17) is 91.8 Å². The molecule has 2 fully saturated rings. The van der Waals surface area contributed by atoms with Crippen LogP contribution in [-0.4, -0.2) is 217 Å². The summed E-state index contributed by atoms with van der Waals surface area (Å²) in [7, 11) is -0.666. The number of nitrogens with zero attached hydrogens (tertiary/aromatic N) is 7. The summed E-state index contributed by atoms with van der Waals surface area (Å²) in [6, 6.07) is 17.6. The number of anilines is 2. The lowest BCUT2D eigenvalue weighted by Crippen LogP contribution is -2.64. The Kier molecular flexibility index (Phi) is 26.9. The van der Waals surface area contributed by atoms with Crippen molar-refractivity contribution in [3.05, 3.63) is 124 Å². The van der Waals surface area contributed by atoms with Crippen molar-refractivity contribution in [3.8, 4) is 28.7 Å². The van der Waals surface area contributed by atoms with Crippen molar-refractivity contribution in [1.29, 1.82) is 0 Å². The highest BCUT2D eigenvalue weighted by Gasteiger charge is 2.58. The van der Waals surface area contributed by atoms with E-state index in [0.717, 1.165) is 67.9 Å². The van der Waals surface area contributed by atoms with Gasteiger partial charge in [0, 0.05) is 125 Å². The van der Waals surface area contributed by atoms with E-state index in [0.29, 0.717) is 16.7 Å². The maximum Gasteiger partial charge on any atom is 0.501 e. The standard InChI is InChI=1S/C73H81ClN8O29S/c1-36(83)100-57-59(102-38(3)85)63(104-40(5)87)70(108-61(57)68(92)97-13)106-46-19-15-42(16-20-46)65(89)77-45-18-24-55-78-50(31-81(55)30-45)67(91)82-29-44(28-74)56-49-26-47(96-12)21-22-48(49)53(27-51(56)82)110-112(94,95)111-54-25-43(66(90)80(11)33-73(9,10)35-99-34-72(7,8)32-76-79-75)17-23-52(54)107-71-64(105-41(6)88)60(103-39(4)86)58(101-37(2)84)62(109-71)69(93)98-14/h15-27,30-31,44,57-64,70-71H,28-29,32-35H2,1-14H3,(H,77,89)/t44-,57+,58+,59+,60?,61+,62+,63-,64-,70-,71?/m1/s1. The predicted octanol–water partition coefficient (Wildman–Crippen LogP) is 7.03. The van der Waals surface area contributed by atoms with Crippen molar-refractivity contribution >= 4 is 115 Å². The smallest absolute Gasteiger partial charge is 0.497 e. The fraction of sp³-hybridized carbons (Fsp3) is 0.452. The Morgan fingerprint density at radius 1 is 0.625 bits per heavy atom. The van der Waals surface area contributed by atoms with Crippen molar-refractivity contribution in [2.45, 2.75) is 137 Å². The van der Waals surface area contributed by atoms with Crippen LogP contribution in [0.3, 0.4) is 0 Å². The Labute approximate surface area is 645 Å². The molecule has 3 amide bonds. The van der Waals surface area contributed by atoms with Crippen molar-refractivity contribution in [2.24, 2.45) is 15.9 Å². The number of pyridine rings is 1. The zero-order chi connectivity index (χ0) is 82.0. The highest BCUT2D eigenvalue weighted by atomic mass is 35.5. The molecule has 600 valence electrons. The third-order valence-corrected chi connectivity index (χ3v) is 18.3. The van der Waals surface area contributed by atoms with Crippen molar-refractivity contribution < 1.29 is 136 Å². The van der Waals surface area contributed by atoms with Crippen LogP contribution in [0, 0.1) is 10.8 Å². The van der Waals surface area contributed by atoms with Crippen LogP contribution in [0.5, 0.6) is 28.7 Å². The van der Waals surface area contributed by atoms with Gasteiger partial charge in [-0.2, -0.15) is 0 Å². The van der Waals surface area contributed by atoms with Crippen LogP contribution in [-0.2, 0) is 101 Å². The molecule has 2 aromatic heterocycles. The van der Waals surface area contributed by atoms with Crippen LogP contribution < -0.4 is 32.8 Å². The fourth-order valence-corrected chi connectivity index (χ4v) is 13.6. The molecule has 39 heteroatoms. The summed E-state index contributed by atoms with van der Waals surface area (Å²) in [5.41, 5.74) is 8.39. The molecule has 0 bridgehead atoms. The third-order valence-electron chi connectivity index (χ3n) is 17.2. The van der Waals surface area contributed by atoms with Gasteiger partial charge in [-0.15, -0.1) is 20.0 Å². The molecule has 3 aliphatic heterocycles. The molecular weight excluding hydrogens is 1520 g/mol. The maximum absolute atomic E-state index is 15.1. The molecule has 11 atom stereocenters. The number of aromatic nitrogens is 2. The molecule has 112 heavy (non-hydrogen) atoms. The number of methoxy groups -OCH3 is 3. The molecule has 6 aromatic rings. The first kappa shape index (κ1) is 84.4. The van der Waals surface area contributed by atoms with E-state index < -0.39 is 171 Å². The minimum Gasteiger partial charge on any atom is -0.497 e. The topological polar surface area (TPSA) is 454 Å². The van der Waals surface area contributed by atoms with Crippen LogP contribution in [0.1, 0.15) is 112 Å². The molecule has 4 aromatic carbocycles. The summed E-state index contributed by atoms with van der Waals surface area (Å²) in [6.07, 6.45) is -15.1. The lowest BCUT2D eigenvalue weighted by atomic mass is 9.92. The average Bonchev–Trinajstić information content (AvgIpc) is 1.54. The molecule has 5 heterocycles. The van der Waals surface area contributed by atoms with E-state index in [9.17, 15) is 56.4 Å². The lowest BCUT2D eigenvalue weighted by molar-refractivity contribution is -0.282. The second kappa shape index (κ2) is 35.6. The fourth-order valence-electron chi connectivity index (χ4n) is 12.7. The van der Waals surface area contributed by atoms with Gasteiger partial charge in [-0.3, -0.25) is 43.2 Å². The van der Waals surface area contributed by atoms with Crippen molar-refractivity contribution in [1.82, 2.24) is 14.3 Å². The molecular formula is C73H81ClN8O29S. The number of benzene rings is 4. The number of hydrogen-bond donors (Lipinski definition) is 1. The van der Waals surface area contributed by atoms with Crippen LogP contribution in [0.4, 0.5) is 11.4 Å². The molecule has 0 radical (unpaired) electrons. The molecule has 37 nitrogen and oxygen atoms in total. The van der Waals surface area contributed by atoms with Gasteiger partial charge in [-0.05, 0) is 94.7 Å². The van der Waals surface area contributed by atoms with E-state index >= 15 is 4.79 Å². The van der Waals surface area contributed by atoms with E-state index in [-0.39, 0.29) is 83.7 Å². The van der Waals surface area contributed by atoms with Gasteiger partial charge in [-0.1, -0.05) is 32.8 Å². The molecule has 1 N–H and O–H groups in total. The molecule has 0 spiro atoms. The van der Waals surface area contributed by atoms with Crippen LogP contribution in [0.15, 0.2) is 96.4 Å². The van der Waals surface area contributed by atoms with Crippen LogP contribution >= 0.6 is 11.6 Å². The number of carbonyl (C=O) groups excluding carboxylic acids is 11.